The Balaban J connectivity index is 1.40. The number of nitrogens with zero attached hydrogens (tertiary/aromatic N) is 5. The Morgan fingerprint density at radius 1 is 1.28 bits per heavy atom. The van der Waals surface area contributed by atoms with E-state index in [4.69, 9.17) is 4.98 Å². The van der Waals surface area contributed by atoms with Gasteiger partial charge in [-0.1, -0.05) is 0 Å². The third-order valence-electron chi connectivity index (χ3n) is 5.03. The molecule has 3 aromatic heterocycles. The van der Waals surface area contributed by atoms with Gasteiger partial charge >= 0.3 is 5.69 Å². The van der Waals surface area contributed by atoms with Crippen LogP contribution in [-0.2, 0) is 11.3 Å². The molecule has 29 heavy (non-hydrogen) atoms. The van der Waals surface area contributed by atoms with E-state index in [-0.39, 0.29) is 12.5 Å². The average Bonchev–Trinajstić information content (AvgIpc) is 3.12. The number of rotatable bonds is 4. The molecule has 0 radical (unpaired) electrons. The molecule has 1 saturated heterocycles. The molecule has 1 fully saturated rings. The van der Waals surface area contributed by atoms with Crippen molar-refractivity contribution < 1.29 is 4.79 Å². The van der Waals surface area contributed by atoms with E-state index in [1.807, 2.05) is 13.0 Å². The molecule has 1 N–H and O–H groups in total. The maximum Gasteiger partial charge on any atom is 0.328 e. The Morgan fingerprint density at radius 2 is 2.07 bits per heavy atom. The summed E-state index contributed by atoms with van der Waals surface area (Å²) in [7, 11) is 0. The number of carbonyl (C=O) groups is 1. The monoisotopic (exact) mass is 412 g/mol. The van der Waals surface area contributed by atoms with Gasteiger partial charge in [-0.15, -0.1) is 11.3 Å². The van der Waals surface area contributed by atoms with Crippen LogP contribution in [0.15, 0.2) is 40.4 Å². The summed E-state index contributed by atoms with van der Waals surface area (Å²) in [4.78, 5) is 53.4. The molecule has 150 valence electrons. The fraction of sp³-hybridized carbons (Fsp3) is 0.368. The van der Waals surface area contributed by atoms with Gasteiger partial charge in [-0.25, -0.2) is 19.7 Å². The Hall–Kier alpha value is -3.14. The predicted octanol–water partition coefficient (Wildman–Crippen LogP) is 1.16. The fourth-order valence-electron chi connectivity index (χ4n) is 3.44. The zero-order chi connectivity index (χ0) is 20.4. The van der Waals surface area contributed by atoms with E-state index in [1.54, 1.807) is 22.4 Å². The predicted molar refractivity (Wildman–Crippen MR) is 108 cm³/mol. The van der Waals surface area contributed by atoms with Gasteiger partial charge in [0, 0.05) is 37.5 Å². The van der Waals surface area contributed by atoms with Crippen molar-refractivity contribution in [3.63, 3.8) is 0 Å². The number of nitrogens with one attached hydrogen (secondary N) is 1. The Labute approximate surface area is 170 Å². The SMILES string of the molecule is Cc1nc(C2CCN(C(=O)Cn3ccc(=O)[nH]c3=O)CC2)sc1-c1ccncn1. The number of aromatic nitrogens is 5. The van der Waals surface area contributed by atoms with Crippen LogP contribution in [0.4, 0.5) is 0 Å². The Bertz CT molecular complexity index is 1130. The second-order valence-electron chi connectivity index (χ2n) is 6.95. The van der Waals surface area contributed by atoms with E-state index in [2.05, 4.69) is 15.0 Å². The summed E-state index contributed by atoms with van der Waals surface area (Å²) in [6.07, 6.45) is 6.24. The number of amides is 1. The molecule has 10 heteroatoms. The maximum absolute atomic E-state index is 12.5. The van der Waals surface area contributed by atoms with Crippen LogP contribution in [0.25, 0.3) is 10.6 Å². The standard InChI is InChI=1S/C19H20N6O3S/c1-12-17(14-2-6-20-11-21-14)29-18(22-12)13-3-7-24(8-4-13)16(27)10-25-9-5-15(26)23-19(25)28/h2,5-6,9,11,13H,3-4,7-8,10H2,1H3,(H,23,26,28). The molecule has 0 aromatic carbocycles. The largest absolute Gasteiger partial charge is 0.341 e. The number of carbonyl (C=O) groups excluding carboxylic acids is 1. The van der Waals surface area contributed by atoms with Gasteiger partial charge in [-0.2, -0.15) is 0 Å². The minimum Gasteiger partial charge on any atom is -0.341 e. The number of hydrogen-bond acceptors (Lipinski definition) is 7. The topological polar surface area (TPSA) is 114 Å². The first-order valence-corrected chi connectivity index (χ1v) is 10.1. The number of likely N-dealkylation sites (tertiary alicyclic amines) is 1. The van der Waals surface area contributed by atoms with Crippen molar-refractivity contribution in [1.29, 1.82) is 0 Å². The molecule has 0 spiro atoms. The molecule has 9 nitrogen and oxygen atoms in total. The summed E-state index contributed by atoms with van der Waals surface area (Å²) in [6.45, 7) is 3.14. The third kappa shape index (κ3) is 4.16. The van der Waals surface area contributed by atoms with Gasteiger partial charge in [0.05, 0.1) is 21.3 Å². The molecule has 0 atom stereocenters. The van der Waals surface area contributed by atoms with E-state index in [0.717, 1.165) is 34.1 Å². The third-order valence-corrected chi connectivity index (χ3v) is 6.37. The summed E-state index contributed by atoms with van der Waals surface area (Å²) < 4.78 is 1.22. The maximum atomic E-state index is 12.5. The molecule has 0 aliphatic carbocycles. The van der Waals surface area contributed by atoms with Crippen molar-refractivity contribution in [3.8, 4) is 10.6 Å². The highest BCUT2D eigenvalue weighted by atomic mass is 32.1. The lowest BCUT2D eigenvalue weighted by atomic mass is 9.97. The molecule has 4 heterocycles. The zero-order valence-electron chi connectivity index (χ0n) is 15.9. The van der Waals surface area contributed by atoms with Crippen LogP contribution < -0.4 is 11.2 Å². The highest BCUT2D eigenvalue weighted by Gasteiger charge is 2.27. The van der Waals surface area contributed by atoms with Crippen molar-refractivity contribution in [1.82, 2.24) is 29.4 Å². The van der Waals surface area contributed by atoms with Crippen molar-refractivity contribution in [3.05, 3.63) is 62.4 Å². The fourth-order valence-corrected chi connectivity index (χ4v) is 4.66. The summed E-state index contributed by atoms with van der Waals surface area (Å²) in [6, 6.07) is 3.12. The van der Waals surface area contributed by atoms with Gasteiger partial charge in [0.15, 0.2) is 0 Å². The molecule has 3 aromatic rings. The molecular weight excluding hydrogens is 392 g/mol. The summed E-state index contributed by atoms with van der Waals surface area (Å²) in [5.74, 6) is 0.170. The number of hydrogen-bond donors (Lipinski definition) is 1. The minimum absolute atomic E-state index is 0.0749. The first-order chi connectivity index (χ1) is 14.0. The molecule has 1 aliphatic heterocycles. The smallest absolute Gasteiger partial charge is 0.328 e. The van der Waals surface area contributed by atoms with Crippen LogP contribution in [0.5, 0.6) is 0 Å². The minimum atomic E-state index is -0.573. The van der Waals surface area contributed by atoms with E-state index < -0.39 is 11.2 Å². The normalized spacial score (nSPS) is 14.9. The molecule has 1 amide bonds. The second-order valence-corrected chi connectivity index (χ2v) is 7.99. The summed E-state index contributed by atoms with van der Waals surface area (Å²) >= 11 is 1.65. The lowest BCUT2D eigenvalue weighted by Gasteiger charge is -2.31. The quantitative estimate of drug-likeness (QED) is 0.688. The first kappa shape index (κ1) is 19.2. The van der Waals surface area contributed by atoms with Gasteiger partial charge < -0.3 is 4.90 Å². The second kappa shape index (κ2) is 8.08. The molecule has 4 rings (SSSR count). The lowest BCUT2D eigenvalue weighted by Crippen LogP contribution is -2.42. The highest BCUT2D eigenvalue weighted by Crippen LogP contribution is 2.36. The number of piperidine rings is 1. The van der Waals surface area contributed by atoms with Gasteiger partial charge in [-0.05, 0) is 25.8 Å². The summed E-state index contributed by atoms with van der Waals surface area (Å²) in [5, 5.41) is 1.07. The molecular formula is C19H20N6O3S. The number of aromatic amines is 1. The molecule has 0 bridgehead atoms. The number of thiazole rings is 1. The van der Waals surface area contributed by atoms with Crippen LogP contribution in [0, 0.1) is 6.92 Å². The van der Waals surface area contributed by atoms with Gasteiger partial charge in [0.2, 0.25) is 5.91 Å². The number of aryl methyl sites for hydroxylation is 1. The van der Waals surface area contributed by atoms with Crippen LogP contribution in [0.1, 0.15) is 29.5 Å². The highest BCUT2D eigenvalue weighted by molar-refractivity contribution is 7.15. The van der Waals surface area contributed by atoms with Crippen molar-refractivity contribution in [2.45, 2.75) is 32.2 Å². The molecule has 0 saturated carbocycles. The van der Waals surface area contributed by atoms with Crippen LogP contribution in [-0.4, -0.2) is 48.4 Å². The van der Waals surface area contributed by atoms with Crippen LogP contribution in [0.3, 0.4) is 0 Å². The summed E-state index contributed by atoms with van der Waals surface area (Å²) in [5.41, 5.74) is 0.788. The van der Waals surface area contributed by atoms with Crippen molar-refractivity contribution in [2.24, 2.45) is 0 Å². The Morgan fingerprint density at radius 3 is 2.76 bits per heavy atom. The average molecular weight is 412 g/mol. The van der Waals surface area contributed by atoms with Crippen molar-refractivity contribution >= 4 is 17.2 Å². The molecule has 1 aliphatic rings. The van der Waals surface area contributed by atoms with Gasteiger partial charge in [0.25, 0.3) is 5.56 Å². The van der Waals surface area contributed by atoms with Gasteiger partial charge in [-0.3, -0.25) is 19.1 Å². The van der Waals surface area contributed by atoms with E-state index in [0.29, 0.717) is 19.0 Å². The lowest BCUT2D eigenvalue weighted by molar-refractivity contribution is -0.133. The van der Waals surface area contributed by atoms with Crippen molar-refractivity contribution in [2.75, 3.05) is 13.1 Å². The van der Waals surface area contributed by atoms with Crippen LogP contribution >= 0.6 is 11.3 Å². The number of H-pyrrole nitrogens is 1. The first-order valence-electron chi connectivity index (χ1n) is 9.32. The van der Waals surface area contributed by atoms with Crippen LogP contribution in [0.2, 0.25) is 0 Å². The van der Waals surface area contributed by atoms with Gasteiger partial charge in [0.1, 0.15) is 12.9 Å². The van der Waals surface area contributed by atoms with E-state index in [9.17, 15) is 14.4 Å². The molecule has 0 unspecified atom stereocenters. The Kier molecular flexibility index (Phi) is 5.34. The van der Waals surface area contributed by atoms with E-state index in [1.165, 1.54) is 23.2 Å². The zero-order valence-corrected chi connectivity index (χ0v) is 16.7. The van der Waals surface area contributed by atoms with E-state index >= 15 is 0 Å².